The number of rotatable bonds is 8. The van der Waals surface area contributed by atoms with Crippen LogP contribution in [0.15, 0.2) is 5.16 Å². The van der Waals surface area contributed by atoms with Crippen molar-refractivity contribution in [3.8, 4) is 0 Å². The minimum Gasteiger partial charge on any atom is -0.378 e. The molecule has 1 aromatic heterocycles. The minimum absolute atomic E-state index is 0.0154. The maximum Gasteiger partial charge on any atom is 0.233 e. The number of anilines is 1. The Morgan fingerprint density at radius 1 is 1.27 bits per heavy atom. The van der Waals surface area contributed by atoms with Gasteiger partial charge in [0, 0.05) is 31.2 Å². The van der Waals surface area contributed by atoms with E-state index in [1.54, 1.807) is 4.90 Å². The van der Waals surface area contributed by atoms with Crippen LogP contribution in [0.5, 0.6) is 0 Å². The van der Waals surface area contributed by atoms with Gasteiger partial charge in [-0.15, -0.1) is 10.2 Å². The number of hydrogen-bond acceptors (Lipinski definition) is 8. The van der Waals surface area contributed by atoms with Gasteiger partial charge in [-0.25, -0.2) is 8.42 Å². The van der Waals surface area contributed by atoms with Crippen LogP contribution in [-0.4, -0.2) is 89.6 Å². The van der Waals surface area contributed by atoms with E-state index in [2.05, 4.69) is 19.7 Å². The summed E-state index contributed by atoms with van der Waals surface area (Å²) < 4.78 is 31.5. The maximum absolute atomic E-state index is 13.1. The van der Waals surface area contributed by atoms with E-state index in [1.807, 2.05) is 13.8 Å². The average molecular weight is 458 g/mol. The molecular weight excluding hydrogens is 426 g/mol. The molecule has 9 nitrogen and oxygen atoms in total. The summed E-state index contributed by atoms with van der Waals surface area (Å²) in [4.78, 5) is 17.2. The first-order valence-electron chi connectivity index (χ1n) is 10.8. The molecule has 3 fully saturated rings. The SMILES string of the molecule is CCC(C)N(C(=O)CSc1nnc(N2CCOCC2)n1C1CC1)C1CCS(=O)(=O)C1. The molecule has 2 saturated heterocycles. The van der Waals surface area contributed by atoms with Crippen molar-refractivity contribution < 1.29 is 17.9 Å². The van der Waals surface area contributed by atoms with Gasteiger partial charge in [0.25, 0.3) is 0 Å². The second-order valence-corrected chi connectivity index (χ2v) is 11.6. The summed E-state index contributed by atoms with van der Waals surface area (Å²) in [5, 5.41) is 9.60. The van der Waals surface area contributed by atoms with Crippen LogP contribution in [0.25, 0.3) is 0 Å². The Morgan fingerprint density at radius 2 is 2.00 bits per heavy atom. The first-order chi connectivity index (χ1) is 14.4. The van der Waals surface area contributed by atoms with E-state index in [0.29, 0.717) is 25.7 Å². The van der Waals surface area contributed by atoms with Gasteiger partial charge in [-0.1, -0.05) is 18.7 Å². The maximum atomic E-state index is 13.1. The van der Waals surface area contributed by atoms with Crippen molar-refractivity contribution in [1.29, 1.82) is 0 Å². The van der Waals surface area contributed by atoms with Gasteiger partial charge in [-0.2, -0.15) is 0 Å². The molecule has 1 aromatic rings. The summed E-state index contributed by atoms with van der Waals surface area (Å²) in [6.45, 7) is 6.99. The smallest absolute Gasteiger partial charge is 0.233 e. The summed E-state index contributed by atoms with van der Waals surface area (Å²) in [6.07, 6.45) is 3.54. The molecule has 4 rings (SSSR count). The summed E-state index contributed by atoms with van der Waals surface area (Å²) in [6, 6.07) is 0.200. The third-order valence-corrected chi connectivity index (χ3v) is 8.81. The van der Waals surface area contributed by atoms with Gasteiger partial charge >= 0.3 is 0 Å². The van der Waals surface area contributed by atoms with Crippen molar-refractivity contribution in [3.05, 3.63) is 0 Å². The van der Waals surface area contributed by atoms with Crippen LogP contribution in [0.3, 0.4) is 0 Å². The highest BCUT2D eigenvalue weighted by molar-refractivity contribution is 7.99. The highest BCUT2D eigenvalue weighted by Crippen LogP contribution is 2.41. The van der Waals surface area contributed by atoms with Gasteiger partial charge in [0.2, 0.25) is 11.9 Å². The van der Waals surface area contributed by atoms with E-state index in [9.17, 15) is 13.2 Å². The Morgan fingerprint density at radius 3 is 2.60 bits per heavy atom. The van der Waals surface area contributed by atoms with Crippen LogP contribution in [0.2, 0.25) is 0 Å². The molecule has 0 radical (unpaired) electrons. The lowest BCUT2D eigenvalue weighted by Gasteiger charge is -2.33. The van der Waals surface area contributed by atoms with E-state index < -0.39 is 9.84 Å². The van der Waals surface area contributed by atoms with Gasteiger partial charge in [-0.05, 0) is 32.6 Å². The van der Waals surface area contributed by atoms with Crippen molar-refractivity contribution in [2.24, 2.45) is 0 Å². The van der Waals surface area contributed by atoms with E-state index in [-0.39, 0.29) is 35.2 Å². The number of nitrogens with zero attached hydrogens (tertiary/aromatic N) is 5. The number of morpholine rings is 1. The monoisotopic (exact) mass is 457 g/mol. The Kier molecular flexibility index (Phi) is 6.59. The van der Waals surface area contributed by atoms with Crippen molar-refractivity contribution >= 4 is 33.5 Å². The van der Waals surface area contributed by atoms with Crippen LogP contribution in [0.4, 0.5) is 5.95 Å². The Bertz CT molecular complexity index is 864. The number of aromatic nitrogens is 3. The fraction of sp³-hybridized carbons (Fsp3) is 0.842. The predicted octanol–water partition coefficient (Wildman–Crippen LogP) is 1.36. The molecule has 3 aliphatic rings. The van der Waals surface area contributed by atoms with Crippen molar-refractivity contribution in [2.45, 2.75) is 62.8 Å². The zero-order valence-corrected chi connectivity index (χ0v) is 19.3. The molecule has 3 heterocycles. The summed E-state index contributed by atoms with van der Waals surface area (Å²) >= 11 is 1.41. The first-order valence-corrected chi connectivity index (χ1v) is 13.6. The molecule has 168 valence electrons. The van der Waals surface area contributed by atoms with E-state index in [1.165, 1.54) is 11.8 Å². The van der Waals surface area contributed by atoms with Crippen LogP contribution >= 0.6 is 11.8 Å². The quantitative estimate of drug-likeness (QED) is 0.540. The van der Waals surface area contributed by atoms with Gasteiger partial charge in [0.05, 0.1) is 30.5 Å². The van der Waals surface area contributed by atoms with Gasteiger partial charge < -0.3 is 14.5 Å². The molecule has 2 unspecified atom stereocenters. The lowest BCUT2D eigenvalue weighted by Crippen LogP contribution is -2.47. The molecule has 30 heavy (non-hydrogen) atoms. The number of hydrogen-bond donors (Lipinski definition) is 0. The Balaban J connectivity index is 1.46. The van der Waals surface area contributed by atoms with Crippen molar-refractivity contribution in [3.63, 3.8) is 0 Å². The third-order valence-electron chi connectivity index (χ3n) is 6.13. The zero-order chi connectivity index (χ0) is 21.3. The topological polar surface area (TPSA) is 97.6 Å². The first kappa shape index (κ1) is 21.9. The number of carbonyl (C=O) groups excluding carboxylic acids is 1. The highest BCUT2D eigenvalue weighted by atomic mass is 32.2. The lowest BCUT2D eigenvalue weighted by molar-refractivity contribution is -0.132. The normalized spacial score (nSPS) is 24.7. The molecular formula is C19H31N5O4S2. The summed E-state index contributed by atoms with van der Waals surface area (Å²) in [5.74, 6) is 1.34. The second kappa shape index (κ2) is 9.04. The van der Waals surface area contributed by atoms with E-state index >= 15 is 0 Å². The molecule has 1 amide bonds. The molecule has 0 N–H and O–H groups in total. The van der Waals surface area contributed by atoms with Crippen molar-refractivity contribution in [2.75, 3.05) is 48.5 Å². The Hall–Kier alpha value is -1.33. The van der Waals surface area contributed by atoms with Crippen molar-refractivity contribution in [1.82, 2.24) is 19.7 Å². The molecule has 1 saturated carbocycles. The van der Waals surface area contributed by atoms with E-state index in [4.69, 9.17) is 4.74 Å². The molecule has 0 spiro atoms. The van der Waals surface area contributed by atoms with Crippen LogP contribution in [0.1, 0.15) is 45.6 Å². The van der Waals surface area contributed by atoms with Crippen LogP contribution in [0, 0.1) is 0 Å². The molecule has 0 aromatic carbocycles. The number of sulfone groups is 1. The minimum atomic E-state index is -3.04. The molecule has 11 heteroatoms. The number of ether oxygens (including phenoxy) is 1. The molecule has 1 aliphatic carbocycles. The van der Waals surface area contributed by atoms with E-state index in [0.717, 1.165) is 43.5 Å². The van der Waals surface area contributed by atoms with Gasteiger partial charge in [-0.3, -0.25) is 9.36 Å². The van der Waals surface area contributed by atoms with Crippen LogP contribution < -0.4 is 4.90 Å². The predicted molar refractivity (Wildman–Crippen MR) is 116 cm³/mol. The fourth-order valence-electron chi connectivity index (χ4n) is 4.20. The molecule has 2 aliphatic heterocycles. The summed E-state index contributed by atoms with van der Waals surface area (Å²) in [7, 11) is -3.04. The highest BCUT2D eigenvalue weighted by Gasteiger charge is 2.37. The third kappa shape index (κ3) is 4.77. The van der Waals surface area contributed by atoms with Gasteiger partial charge in [0.15, 0.2) is 15.0 Å². The average Bonchev–Trinajstić information content (AvgIpc) is 3.39. The zero-order valence-electron chi connectivity index (χ0n) is 17.7. The molecule has 2 atom stereocenters. The Labute approximate surface area is 182 Å². The second-order valence-electron chi connectivity index (χ2n) is 8.39. The fourth-order valence-corrected chi connectivity index (χ4v) is 6.78. The number of carbonyl (C=O) groups is 1. The number of amides is 1. The summed E-state index contributed by atoms with van der Waals surface area (Å²) in [5.41, 5.74) is 0. The largest absolute Gasteiger partial charge is 0.378 e. The van der Waals surface area contributed by atoms with Crippen LogP contribution in [-0.2, 0) is 19.4 Å². The standard InChI is InChI=1S/C19H31N5O4S2/c1-3-14(2)23(16-6-11-30(26,27)13-16)17(25)12-29-19-21-20-18(24(19)15-4-5-15)22-7-9-28-10-8-22/h14-16H,3-13H2,1-2H3. The number of thioether (sulfide) groups is 1. The van der Waals surface area contributed by atoms with Gasteiger partial charge in [0.1, 0.15) is 0 Å². The lowest BCUT2D eigenvalue weighted by atomic mass is 10.1. The molecule has 0 bridgehead atoms.